The molecule has 0 saturated carbocycles. The normalized spacial score (nSPS) is 11.6. The number of benzene rings is 2. The standard InChI is InChI=1S/C23H16F5N3O2/c1-12-9-15(7-8-29-12)33-20-6-5-19-16(21(20)25)10-13(2)31(19)22(32)30-14-3-4-18(24)17(11-14)23(26,27)28/h3-11H,1-2H3,(H,30,32). The summed E-state index contributed by atoms with van der Waals surface area (Å²) in [5, 5.41) is 2.38. The SMILES string of the molecule is Cc1cc(Oc2ccc3c(cc(C)n3C(=O)Nc3ccc(F)c(C(F)(F)F)c3)c2F)ccn1. The second kappa shape index (κ2) is 8.19. The molecule has 0 radical (unpaired) electrons. The van der Waals surface area contributed by atoms with Gasteiger partial charge in [0.15, 0.2) is 11.6 Å². The van der Waals surface area contributed by atoms with Crippen molar-refractivity contribution in [3.63, 3.8) is 0 Å². The number of halogens is 5. The summed E-state index contributed by atoms with van der Waals surface area (Å²) in [6.45, 7) is 3.30. The first-order valence-corrected chi connectivity index (χ1v) is 9.64. The lowest BCUT2D eigenvalue weighted by Gasteiger charge is -2.13. The fraction of sp³-hybridized carbons (Fsp3) is 0.130. The number of anilines is 1. The molecule has 0 aliphatic carbocycles. The summed E-state index contributed by atoms with van der Waals surface area (Å²) in [4.78, 5) is 16.8. The van der Waals surface area contributed by atoms with Crippen LogP contribution in [0.15, 0.2) is 54.7 Å². The fourth-order valence-electron chi connectivity index (χ4n) is 3.42. The van der Waals surface area contributed by atoms with Crippen LogP contribution in [0.5, 0.6) is 11.5 Å². The molecule has 0 saturated heterocycles. The van der Waals surface area contributed by atoms with Crippen LogP contribution in [-0.4, -0.2) is 15.6 Å². The average Bonchev–Trinajstić information content (AvgIpc) is 3.07. The molecule has 0 aliphatic rings. The Bertz CT molecular complexity index is 1380. The second-order valence-corrected chi connectivity index (χ2v) is 7.29. The molecule has 1 amide bonds. The summed E-state index contributed by atoms with van der Waals surface area (Å²) >= 11 is 0. The summed E-state index contributed by atoms with van der Waals surface area (Å²) in [5.74, 6) is -1.86. The van der Waals surface area contributed by atoms with Crippen LogP contribution in [0, 0.1) is 25.5 Å². The molecule has 0 unspecified atom stereocenters. The minimum absolute atomic E-state index is 0.0704. The monoisotopic (exact) mass is 461 g/mol. The van der Waals surface area contributed by atoms with Crippen LogP contribution >= 0.6 is 0 Å². The van der Waals surface area contributed by atoms with Crippen LogP contribution in [0.25, 0.3) is 10.9 Å². The van der Waals surface area contributed by atoms with Gasteiger partial charge in [0.05, 0.1) is 11.1 Å². The number of carbonyl (C=O) groups excluding carboxylic acids is 1. The number of amides is 1. The lowest BCUT2D eigenvalue weighted by atomic mass is 10.2. The minimum Gasteiger partial charge on any atom is -0.454 e. The highest BCUT2D eigenvalue weighted by Crippen LogP contribution is 2.34. The van der Waals surface area contributed by atoms with Crippen molar-refractivity contribution < 1.29 is 31.5 Å². The first kappa shape index (κ1) is 22.3. The number of ether oxygens (including phenoxy) is 1. The van der Waals surface area contributed by atoms with Crippen molar-refractivity contribution in [3.05, 3.63) is 83.3 Å². The van der Waals surface area contributed by atoms with Crippen molar-refractivity contribution in [2.75, 3.05) is 5.32 Å². The molecule has 0 spiro atoms. The molecule has 0 aliphatic heterocycles. The third kappa shape index (κ3) is 4.36. The smallest absolute Gasteiger partial charge is 0.419 e. The Morgan fingerprint density at radius 1 is 1.03 bits per heavy atom. The van der Waals surface area contributed by atoms with E-state index in [1.165, 1.54) is 31.3 Å². The minimum atomic E-state index is -4.92. The van der Waals surface area contributed by atoms with Crippen molar-refractivity contribution in [1.29, 1.82) is 0 Å². The highest BCUT2D eigenvalue weighted by molar-refractivity contribution is 6.00. The van der Waals surface area contributed by atoms with Gasteiger partial charge < -0.3 is 10.1 Å². The van der Waals surface area contributed by atoms with Gasteiger partial charge in [-0.05, 0) is 56.3 Å². The van der Waals surface area contributed by atoms with Crippen molar-refractivity contribution in [1.82, 2.24) is 9.55 Å². The number of pyridine rings is 1. The van der Waals surface area contributed by atoms with E-state index in [0.29, 0.717) is 29.3 Å². The van der Waals surface area contributed by atoms with E-state index in [4.69, 9.17) is 4.74 Å². The Balaban J connectivity index is 1.67. The zero-order valence-electron chi connectivity index (χ0n) is 17.3. The molecule has 5 nitrogen and oxygen atoms in total. The molecule has 170 valence electrons. The Morgan fingerprint density at radius 3 is 2.48 bits per heavy atom. The average molecular weight is 461 g/mol. The van der Waals surface area contributed by atoms with Crippen LogP contribution in [-0.2, 0) is 6.18 Å². The van der Waals surface area contributed by atoms with Gasteiger partial charge in [0, 0.05) is 34.7 Å². The van der Waals surface area contributed by atoms with Gasteiger partial charge >= 0.3 is 12.2 Å². The predicted molar refractivity (Wildman–Crippen MR) is 111 cm³/mol. The van der Waals surface area contributed by atoms with Gasteiger partial charge in [0.25, 0.3) is 0 Å². The maximum absolute atomic E-state index is 15.1. The third-order valence-corrected chi connectivity index (χ3v) is 4.89. The van der Waals surface area contributed by atoms with Crippen molar-refractivity contribution in [3.8, 4) is 11.5 Å². The number of rotatable bonds is 3. The number of alkyl halides is 3. The quantitative estimate of drug-likeness (QED) is 0.341. The molecule has 2 aromatic heterocycles. The Labute approximate surface area is 184 Å². The molecular formula is C23H16F5N3O2. The number of hydrogen-bond acceptors (Lipinski definition) is 3. The molecule has 33 heavy (non-hydrogen) atoms. The number of nitrogens with one attached hydrogen (secondary N) is 1. The summed E-state index contributed by atoms with van der Waals surface area (Å²) in [6.07, 6.45) is -3.40. The van der Waals surface area contributed by atoms with Crippen LogP contribution < -0.4 is 10.1 Å². The van der Waals surface area contributed by atoms with Crippen molar-refractivity contribution >= 4 is 22.6 Å². The van der Waals surface area contributed by atoms with Crippen LogP contribution in [0.2, 0.25) is 0 Å². The molecular weight excluding hydrogens is 445 g/mol. The van der Waals surface area contributed by atoms with Crippen LogP contribution in [0.4, 0.5) is 32.4 Å². The topological polar surface area (TPSA) is 56.1 Å². The number of hydrogen-bond donors (Lipinski definition) is 1. The molecule has 10 heteroatoms. The number of aryl methyl sites for hydroxylation is 2. The summed E-state index contributed by atoms with van der Waals surface area (Å²) < 4.78 is 74.2. The van der Waals surface area contributed by atoms with Crippen molar-refractivity contribution in [2.24, 2.45) is 0 Å². The first-order chi connectivity index (χ1) is 15.5. The molecule has 0 fully saturated rings. The van der Waals surface area contributed by atoms with Gasteiger partial charge in [-0.15, -0.1) is 0 Å². The van der Waals surface area contributed by atoms with E-state index < -0.39 is 29.4 Å². The molecule has 4 rings (SSSR count). The van der Waals surface area contributed by atoms with E-state index in [1.54, 1.807) is 19.1 Å². The number of carbonyl (C=O) groups is 1. The molecule has 2 heterocycles. The molecule has 4 aromatic rings. The number of fused-ring (bicyclic) bond motifs is 1. The lowest BCUT2D eigenvalue weighted by Crippen LogP contribution is -2.21. The molecule has 1 N–H and O–H groups in total. The van der Waals surface area contributed by atoms with Crippen LogP contribution in [0.1, 0.15) is 17.0 Å². The maximum Gasteiger partial charge on any atom is 0.419 e. The van der Waals surface area contributed by atoms with E-state index in [1.807, 2.05) is 0 Å². The van der Waals surface area contributed by atoms with Gasteiger partial charge in [0.2, 0.25) is 0 Å². The predicted octanol–water partition coefficient (Wildman–Crippen LogP) is 6.82. The highest BCUT2D eigenvalue weighted by Gasteiger charge is 2.34. The Morgan fingerprint density at radius 2 is 1.79 bits per heavy atom. The van der Waals surface area contributed by atoms with Gasteiger partial charge in [-0.1, -0.05) is 0 Å². The lowest BCUT2D eigenvalue weighted by molar-refractivity contribution is -0.139. The summed E-state index contributed by atoms with van der Waals surface area (Å²) in [7, 11) is 0. The maximum atomic E-state index is 15.1. The largest absolute Gasteiger partial charge is 0.454 e. The van der Waals surface area contributed by atoms with Crippen molar-refractivity contribution in [2.45, 2.75) is 20.0 Å². The summed E-state index contributed by atoms with van der Waals surface area (Å²) in [5.41, 5.74) is -0.575. The van der Waals surface area contributed by atoms with E-state index in [-0.39, 0.29) is 22.3 Å². The second-order valence-electron chi connectivity index (χ2n) is 7.29. The van der Waals surface area contributed by atoms with Crippen LogP contribution in [0.3, 0.4) is 0 Å². The zero-order valence-corrected chi connectivity index (χ0v) is 17.3. The van der Waals surface area contributed by atoms with Gasteiger partial charge in [-0.2, -0.15) is 13.2 Å². The Kier molecular flexibility index (Phi) is 5.52. The highest BCUT2D eigenvalue weighted by atomic mass is 19.4. The van der Waals surface area contributed by atoms with Gasteiger partial charge in [0.1, 0.15) is 11.6 Å². The molecule has 0 bridgehead atoms. The Hall–Kier alpha value is -3.95. The van der Waals surface area contributed by atoms with Gasteiger partial charge in [-0.25, -0.2) is 13.6 Å². The van der Waals surface area contributed by atoms with E-state index in [0.717, 1.165) is 10.6 Å². The number of aromatic nitrogens is 2. The van der Waals surface area contributed by atoms with Gasteiger partial charge in [-0.3, -0.25) is 9.55 Å². The zero-order chi connectivity index (χ0) is 23.9. The summed E-state index contributed by atoms with van der Waals surface area (Å²) in [6, 6.07) is 8.70. The molecule has 2 aromatic carbocycles. The fourth-order valence-corrected chi connectivity index (χ4v) is 3.42. The van der Waals surface area contributed by atoms with E-state index in [9.17, 15) is 22.4 Å². The molecule has 0 atom stereocenters. The third-order valence-electron chi connectivity index (χ3n) is 4.89. The first-order valence-electron chi connectivity index (χ1n) is 9.64. The van der Waals surface area contributed by atoms with E-state index >= 15 is 4.39 Å². The van der Waals surface area contributed by atoms with E-state index in [2.05, 4.69) is 10.3 Å². The number of nitrogens with zero attached hydrogens (tertiary/aromatic N) is 2.